The maximum absolute atomic E-state index is 12.7. The molecule has 1 unspecified atom stereocenters. The number of amides is 2. The van der Waals surface area contributed by atoms with Gasteiger partial charge in [-0.05, 0) is 53.7 Å². The van der Waals surface area contributed by atoms with Crippen molar-refractivity contribution in [3.63, 3.8) is 0 Å². The minimum absolute atomic E-state index is 0.0131. The monoisotopic (exact) mass is 415 g/mol. The predicted octanol–water partition coefficient (Wildman–Crippen LogP) is 3.34. The van der Waals surface area contributed by atoms with Gasteiger partial charge in [-0.1, -0.05) is 29.5 Å². The first-order valence-corrected chi connectivity index (χ1v) is 10.6. The van der Waals surface area contributed by atoms with E-state index >= 15 is 0 Å². The molecule has 2 heterocycles. The lowest BCUT2D eigenvalue weighted by atomic mass is 10.1. The highest BCUT2D eigenvalue weighted by molar-refractivity contribution is 8.00. The van der Waals surface area contributed by atoms with Gasteiger partial charge < -0.3 is 15.5 Å². The zero-order chi connectivity index (χ0) is 21.5. The van der Waals surface area contributed by atoms with Crippen molar-refractivity contribution in [2.24, 2.45) is 0 Å². The Balaban J connectivity index is 1.91. The van der Waals surface area contributed by atoms with E-state index in [2.05, 4.69) is 15.7 Å². The van der Waals surface area contributed by atoms with Crippen molar-refractivity contribution in [2.75, 3.05) is 11.9 Å². The van der Waals surface area contributed by atoms with Crippen molar-refractivity contribution in [3.8, 4) is 0 Å². The van der Waals surface area contributed by atoms with Crippen LogP contribution in [-0.4, -0.2) is 40.2 Å². The Morgan fingerprint density at radius 2 is 1.76 bits per heavy atom. The summed E-state index contributed by atoms with van der Waals surface area (Å²) in [4.78, 5) is 28.2. The Hall–Kier alpha value is -2.48. The maximum Gasteiger partial charge on any atom is 0.273 e. The summed E-state index contributed by atoms with van der Waals surface area (Å²) in [5, 5.41) is 10.6. The van der Waals surface area contributed by atoms with Gasteiger partial charge in [-0.3, -0.25) is 9.59 Å². The molecule has 3 rings (SSSR count). The minimum atomic E-state index is -0.323. The number of nitrogens with one attached hydrogen (secondary N) is 2. The van der Waals surface area contributed by atoms with Crippen LogP contribution in [0.25, 0.3) is 0 Å². The highest BCUT2D eigenvalue weighted by Gasteiger charge is 2.39. The summed E-state index contributed by atoms with van der Waals surface area (Å²) in [6.45, 7) is 12.0. The second kappa shape index (κ2) is 7.74. The number of aryl methyl sites for hydroxylation is 1. The molecule has 1 aliphatic heterocycles. The van der Waals surface area contributed by atoms with Crippen LogP contribution in [-0.2, 0) is 5.54 Å². The summed E-state index contributed by atoms with van der Waals surface area (Å²) in [5.74, 6) is 0.485. The van der Waals surface area contributed by atoms with Crippen molar-refractivity contribution < 1.29 is 9.59 Å². The molecule has 0 saturated carbocycles. The Morgan fingerprint density at radius 1 is 1.14 bits per heavy atom. The fraction of sp³-hybridized carbons (Fsp3) is 0.476. The van der Waals surface area contributed by atoms with Crippen LogP contribution in [0.1, 0.15) is 61.0 Å². The number of carbonyl (C=O) groups excluding carboxylic acids is 2. The van der Waals surface area contributed by atoms with Crippen LogP contribution < -0.4 is 15.5 Å². The molecule has 1 aromatic carbocycles. The Bertz CT molecular complexity index is 928. The molecule has 1 aliphatic rings. The van der Waals surface area contributed by atoms with Crippen LogP contribution >= 0.6 is 11.8 Å². The highest BCUT2D eigenvalue weighted by Crippen LogP contribution is 2.45. The third-order valence-electron chi connectivity index (χ3n) is 4.57. The molecule has 0 radical (unpaired) electrons. The van der Waals surface area contributed by atoms with Crippen molar-refractivity contribution in [2.45, 2.75) is 63.5 Å². The highest BCUT2D eigenvalue weighted by atomic mass is 32.2. The van der Waals surface area contributed by atoms with Gasteiger partial charge in [0.15, 0.2) is 11.2 Å². The van der Waals surface area contributed by atoms with Crippen molar-refractivity contribution in [3.05, 3.63) is 41.1 Å². The molecule has 0 fully saturated rings. The number of thioether (sulfide) groups is 1. The molecule has 0 saturated heterocycles. The summed E-state index contributed by atoms with van der Waals surface area (Å²) in [7, 11) is 1.91. The Labute approximate surface area is 176 Å². The zero-order valence-corrected chi connectivity index (χ0v) is 18.8. The van der Waals surface area contributed by atoms with E-state index in [0.717, 1.165) is 16.3 Å². The number of anilines is 1. The first-order chi connectivity index (χ1) is 13.5. The lowest BCUT2D eigenvalue weighted by molar-refractivity contribution is 0.0931. The fourth-order valence-electron chi connectivity index (χ4n) is 3.09. The van der Waals surface area contributed by atoms with Gasteiger partial charge in [-0.15, -0.1) is 0 Å². The number of aromatic nitrogens is 2. The van der Waals surface area contributed by atoms with Gasteiger partial charge in [0, 0.05) is 18.7 Å². The summed E-state index contributed by atoms with van der Waals surface area (Å²) in [6.07, 6.45) is 0. The number of hydrogen-bond donors (Lipinski definition) is 2. The van der Waals surface area contributed by atoms with Crippen LogP contribution in [0.4, 0.5) is 5.82 Å². The average Bonchev–Trinajstić information content (AvgIpc) is 3.13. The molecule has 2 amide bonds. The Morgan fingerprint density at radius 3 is 2.31 bits per heavy atom. The number of fused-ring (bicyclic) bond motifs is 1. The molecule has 2 aromatic rings. The SMILES string of the molecule is Cc1ccc(C(=O)NC2Sc3c(C(=O)NC(C)C)nn(C(C)(C)C)c3N2C)cc1. The number of carbonyl (C=O) groups is 2. The quantitative estimate of drug-likeness (QED) is 0.801. The molecule has 8 heteroatoms. The number of hydrogen-bond acceptors (Lipinski definition) is 5. The molecular formula is C21H29N5O2S. The topological polar surface area (TPSA) is 79.3 Å². The zero-order valence-electron chi connectivity index (χ0n) is 18.0. The van der Waals surface area contributed by atoms with E-state index in [1.165, 1.54) is 11.8 Å². The second-order valence-corrected chi connectivity index (χ2v) is 9.72. The van der Waals surface area contributed by atoms with Crippen LogP contribution in [0, 0.1) is 6.92 Å². The lowest BCUT2D eigenvalue weighted by Crippen LogP contribution is -2.43. The molecule has 1 atom stereocenters. The normalized spacial score (nSPS) is 16.1. The van der Waals surface area contributed by atoms with Gasteiger partial charge in [-0.2, -0.15) is 5.10 Å². The van der Waals surface area contributed by atoms with Crippen LogP contribution in [0.5, 0.6) is 0 Å². The smallest absolute Gasteiger partial charge is 0.273 e. The van der Waals surface area contributed by atoms with E-state index in [1.54, 1.807) is 0 Å². The Kier molecular flexibility index (Phi) is 5.67. The molecule has 29 heavy (non-hydrogen) atoms. The molecule has 0 bridgehead atoms. The molecule has 7 nitrogen and oxygen atoms in total. The summed E-state index contributed by atoms with van der Waals surface area (Å²) in [5.41, 5.74) is 1.47. The molecule has 0 aliphatic carbocycles. The van der Waals surface area contributed by atoms with Gasteiger partial charge in [0.05, 0.1) is 10.4 Å². The van der Waals surface area contributed by atoms with Crippen molar-refractivity contribution >= 4 is 29.4 Å². The average molecular weight is 416 g/mol. The largest absolute Gasteiger partial charge is 0.348 e. The van der Waals surface area contributed by atoms with E-state index in [9.17, 15) is 9.59 Å². The van der Waals surface area contributed by atoms with Gasteiger partial charge in [0.2, 0.25) is 0 Å². The summed E-state index contributed by atoms with van der Waals surface area (Å²) in [6, 6.07) is 7.48. The molecular weight excluding hydrogens is 386 g/mol. The number of nitrogens with zero attached hydrogens (tertiary/aromatic N) is 3. The van der Waals surface area contributed by atoms with E-state index in [0.29, 0.717) is 11.3 Å². The van der Waals surface area contributed by atoms with Gasteiger partial charge in [0.1, 0.15) is 5.82 Å². The van der Waals surface area contributed by atoms with Gasteiger partial charge >= 0.3 is 0 Å². The number of rotatable bonds is 4. The van der Waals surface area contributed by atoms with Crippen molar-refractivity contribution in [1.82, 2.24) is 20.4 Å². The standard InChI is InChI=1S/C21H29N5O2S/c1-12(2)22-18(28)15-16-19(26(24-15)21(4,5)6)25(7)20(29-16)23-17(27)14-10-8-13(3)9-11-14/h8-12,20H,1-7H3,(H,22,28)(H,23,27). The lowest BCUT2D eigenvalue weighted by Gasteiger charge is -2.28. The maximum atomic E-state index is 12.7. The van der Waals surface area contributed by atoms with Gasteiger partial charge in [-0.25, -0.2) is 4.68 Å². The first-order valence-electron chi connectivity index (χ1n) is 9.70. The van der Waals surface area contributed by atoms with E-state index in [1.807, 2.05) is 82.4 Å². The van der Waals surface area contributed by atoms with E-state index in [-0.39, 0.29) is 28.9 Å². The summed E-state index contributed by atoms with van der Waals surface area (Å²) >= 11 is 1.44. The van der Waals surface area contributed by atoms with Crippen LogP contribution in [0.3, 0.4) is 0 Å². The predicted molar refractivity (Wildman–Crippen MR) is 117 cm³/mol. The second-order valence-electron chi connectivity index (χ2n) is 8.63. The third-order valence-corrected chi connectivity index (χ3v) is 5.84. The van der Waals surface area contributed by atoms with Gasteiger partial charge in [0.25, 0.3) is 11.8 Å². The van der Waals surface area contributed by atoms with E-state index in [4.69, 9.17) is 0 Å². The van der Waals surface area contributed by atoms with Crippen LogP contribution in [0.15, 0.2) is 29.2 Å². The first kappa shape index (κ1) is 21.2. The third kappa shape index (κ3) is 4.27. The van der Waals surface area contributed by atoms with E-state index < -0.39 is 0 Å². The molecule has 0 spiro atoms. The fourth-order valence-corrected chi connectivity index (χ4v) is 4.32. The molecule has 156 valence electrons. The summed E-state index contributed by atoms with van der Waals surface area (Å²) < 4.78 is 1.86. The van der Waals surface area contributed by atoms with Crippen LogP contribution in [0.2, 0.25) is 0 Å². The van der Waals surface area contributed by atoms with Crippen molar-refractivity contribution in [1.29, 1.82) is 0 Å². The minimum Gasteiger partial charge on any atom is -0.348 e. The molecule has 2 N–H and O–H groups in total. The number of benzene rings is 1. The molecule has 1 aromatic heterocycles.